The van der Waals surface area contributed by atoms with Gasteiger partial charge in [-0.15, -0.1) is 0 Å². The Morgan fingerprint density at radius 1 is 0.471 bits per heavy atom. The van der Waals surface area contributed by atoms with Gasteiger partial charge in [0.05, 0.1) is 16.8 Å². The van der Waals surface area contributed by atoms with Crippen LogP contribution in [0.3, 0.4) is 0 Å². The Balaban J connectivity index is 0.000000231. The van der Waals surface area contributed by atoms with Crippen LogP contribution in [0.1, 0.15) is 22.3 Å². The molecule has 1 spiro atoms. The standard InChI is InChI=1S/C23H14N2.C6H6O2.Ir/c1-3-9-17-15(7-1)16-8-2-4-10-18(16)23(17)19-11-5-13-24-21(19)22-20(23)12-6-14-25-22;7-5-3-1-2-4-6(5)8;/h1-14H;1-4,7-8H;. The van der Waals surface area contributed by atoms with Crippen LogP contribution in [0.2, 0.25) is 0 Å². The largest absolute Gasteiger partial charge is 0.504 e. The Morgan fingerprint density at radius 3 is 1.29 bits per heavy atom. The van der Waals surface area contributed by atoms with Crippen molar-refractivity contribution in [2.75, 3.05) is 0 Å². The van der Waals surface area contributed by atoms with Crippen molar-refractivity contribution >= 4 is 0 Å². The molecule has 0 saturated carbocycles. The van der Waals surface area contributed by atoms with E-state index in [2.05, 4.69) is 60.7 Å². The van der Waals surface area contributed by atoms with Gasteiger partial charge in [-0.25, -0.2) is 0 Å². The molecule has 0 amide bonds. The van der Waals surface area contributed by atoms with E-state index in [4.69, 9.17) is 20.2 Å². The van der Waals surface area contributed by atoms with Crippen molar-refractivity contribution < 1.29 is 30.3 Å². The van der Waals surface area contributed by atoms with E-state index < -0.39 is 0 Å². The van der Waals surface area contributed by atoms with Crippen molar-refractivity contribution in [1.29, 1.82) is 0 Å². The van der Waals surface area contributed by atoms with Gasteiger partial charge in [0.1, 0.15) is 0 Å². The van der Waals surface area contributed by atoms with E-state index in [1.54, 1.807) is 12.1 Å². The number of hydrogen-bond donors (Lipinski definition) is 2. The van der Waals surface area contributed by atoms with Crippen LogP contribution in [-0.2, 0) is 25.5 Å². The third kappa shape index (κ3) is 3.02. The summed E-state index contributed by atoms with van der Waals surface area (Å²) in [5.74, 6) is -0.153. The van der Waals surface area contributed by atoms with Gasteiger partial charge in [0.25, 0.3) is 0 Å². The summed E-state index contributed by atoms with van der Waals surface area (Å²) in [4.78, 5) is 9.41. The Hall–Kier alpha value is -3.79. The molecule has 0 fully saturated rings. The first kappa shape index (κ1) is 22.0. The van der Waals surface area contributed by atoms with E-state index >= 15 is 0 Å². The van der Waals surface area contributed by atoms with Crippen LogP contribution >= 0.6 is 0 Å². The molecular weight excluding hydrogens is 601 g/mol. The molecule has 5 aromatic rings. The molecule has 0 aliphatic heterocycles. The first-order valence-electron chi connectivity index (χ1n) is 10.8. The summed E-state index contributed by atoms with van der Waals surface area (Å²) in [6.45, 7) is 0. The van der Waals surface area contributed by atoms with E-state index in [9.17, 15) is 0 Å². The fraction of sp³-hybridized carbons (Fsp3) is 0.0345. The predicted molar refractivity (Wildman–Crippen MR) is 128 cm³/mol. The van der Waals surface area contributed by atoms with Crippen molar-refractivity contribution in [2.45, 2.75) is 5.41 Å². The van der Waals surface area contributed by atoms with Gasteiger partial charge in [-0.05, 0) is 57.6 Å². The number of aromatic nitrogens is 2. The first-order chi connectivity index (χ1) is 16.2. The molecule has 0 bridgehead atoms. The van der Waals surface area contributed by atoms with Gasteiger partial charge in [0, 0.05) is 32.5 Å². The molecule has 2 aliphatic carbocycles. The molecule has 3 aromatic carbocycles. The zero-order valence-corrected chi connectivity index (χ0v) is 20.4. The second-order valence-electron chi connectivity index (χ2n) is 8.13. The van der Waals surface area contributed by atoms with Crippen molar-refractivity contribution in [3.05, 3.63) is 132 Å². The zero-order valence-electron chi connectivity index (χ0n) is 18.0. The molecule has 34 heavy (non-hydrogen) atoms. The number of rotatable bonds is 0. The third-order valence-corrected chi connectivity index (χ3v) is 6.48. The second kappa shape index (κ2) is 8.53. The fourth-order valence-electron chi connectivity index (χ4n) is 5.22. The Bertz CT molecular complexity index is 1310. The number of aromatic hydroxyl groups is 2. The van der Waals surface area contributed by atoms with E-state index in [1.807, 2.05) is 24.5 Å². The number of fused-ring (bicyclic) bond motifs is 10. The van der Waals surface area contributed by atoms with Crippen LogP contribution in [0.15, 0.2) is 109 Å². The summed E-state index contributed by atoms with van der Waals surface area (Å²) in [7, 11) is 0. The molecule has 2 aromatic heterocycles. The van der Waals surface area contributed by atoms with Gasteiger partial charge < -0.3 is 10.2 Å². The van der Waals surface area contributed by atoms with Crippen LogP contribution in [0.25, 0.3) is 22.5 Å². The summed E-state index contributed by atoms with van der Waals surface area (Å²) >= 11 is 0. The summed E-state index contributed by atoms with van der Waals surface area (Å²) in [6.07, 6.45) is 3.73. The van der Waals surface area contributed by atoms with E-state index in [0.29, 0.717) is 0 Å². The number of benzene rings is 3. The number of phenols is 2. The SMILES string of the molecule is Oc1ccccc1O.[Ir].c1ccc2c(c1)-c1ccccc1C21c2cccnc2-c2ncccc21. The minimum Gasteiger partial charge on any atom is -0.504 e. The van der Waals surface area contributed by atoms with Crippen LogP contribution in [-0.4, -0.2) is 20.2 Å². The maximum absolute atomic E-state index is 8.67. The van der Waals surface area contributed by atoms with E-state index in [-0.39, 0.29) is 37.0 Å². The van der Waals surface area contributed by atoms with Crippen molar-refractivity contribution in [3.63, 3.8) is 0 Å². The van der Waals surface area contributed by atoms with Gasteiger partial charge in [-0.2, -0.15) is 0 Å². The van der Waals surface area contributed by atoms with Gasteiger partial charge in [-0.1, -0.05) is 72.8 Å². The quantitative estimate of drug-likeness (QED) is 0.207. The molecule has 0 unspecified atom stereocenters. The molecule has 0 atom stereocenters. The van der Waals surface area contributed by atoms with Crippen LogP contribution < -0.4 is 0 Å². The molecule has 2 aliphatic rings. The average molecular weight is 621 g/mol. The molecule has 2 heterocycles. The third-order valence-electron chi connectivity index (χ3n) is 6.48. The monoisotopic (exact) mass is 621 g/mol. The molecule has 1 radical (unpaired) electrons. The number of para-hydroxylation sites is 2. The Labute approximate surface area is 211 Å². The van der Waals surface area contributed by atoms with Gasteiger partial charge in [0.2, 0.25) is 0 Å². The molecule has 2 N–H and O–H groups in total. The average Bonchev–Trinajstić information content (AvgIpc) is 3.34. The fourth-order valence-corrected chi connectivity index (χ4v) is 5.22. The minimum absolute atomic E-state index is 0. The minimum atomic E-state index is -0.305. The van der Waals surface area contributed by atoms with Gasteiger partial charge in [-0.3, -0.25) is 9.97 Å². The number of pyridine rings is 2. The molecule has 167 valence electrons. The molecule has 0 saturated heterocycles. The van der Waals surface area contributed by atoms with Gasteiger partial charge in [0.15, 0.2) is 11.5 Å². The second-order valence-corrected chi connectivity index (χ2v) is 8.13. The predicted octanol–water partition coefficient (Wildman–Crippen LogP) is 5.92. The summed E-state index contributed by atoms with van der Waals surface area (Å²) in [5, 5.41) is 17.3. The van der Waals surface area contributed by atoms with Crippen molar-refractivity contribution in [3.8, 4) is 34.0 Å². The van der Waals surface area contributed by atoms with Crippen LogP contribution in [0.4, 0.5) is 0 Å². The molecule has 7 rings (SSSR count). The molecule has 5 heteroatoms. The van der Waals surface area contributed by atoms with Crippen molar-refractivity contribution in [1.82, 2.24) is 9.97 Å². The van der Waals surface area contributed by atoms with Crippen molar-refractivity contribution in [2.24, 2.45) is 0 Å². The maximum atomic E-state index is 8.67. The topological polar surface area (TPSA) is 66.2 Å². The Morgan fingerprint density at radius 2 is 0.853 bits per heavy atom. The summed E-state index contributed by atoms with van der Waals surface area (Å²) in [5.41, 5.74) is 9.46. The smallest absolute Gasteiger partial charge is 0.157 e. The van der Waals surface area contributed by atoms with Gasteiger partial charge >= 0.3 is 0 Å². The Kier molecular flexibility index (Phi) is 5.52. The van der Waals surface area contributed by atoms with Crippen LogP contribution in [0, 0.1) is 0 Å². The number of phenolic OH excluding ortho intramolecular Hbond substituents is 2. The van der Waals surface area contributed by atoms with E-state index in [0.717, 1.165) is 11.4 Å². The number of nitrogens with zero attached hydrogens (tertiary/aromatic N) is 2. The van der Waals surface area contributed by atoms with E-state index in [1.165, 1.54) is 45.5 Å². The summed E-state index contributed by atoms with van der Waals surface area (Å²) < 4.78 is 0. The first-order valence-corrected chi connectivity index (χ1v) is 10.8. The molecule has 4 nitrogen and oxygen atoms in total. The zero-order chi connectivity index (χ0) is 22.4. The summed E-state index contributed by atoms with van der Waals surface area (Å²) in [6, 6.07) is 32.1. The number of hydrogen-bond acceptors (Lipinski definition) is 4. The molecular formula is C29H20IrN2O2. The van der Waals surface area contributed by atoms with Crippen LogP contribution in [0.5, 0.6) is 11.5 Å². The normalized spacial score (nSPS) is 12.9. The maximum Gasteiger partial charge on any atom is 0.157 e.